The maximum Gasteiger partial charge on any atom is 0.317 e. The van der Waals surface area contributed by atoms with E-state index in [1.54, 1.807) is 17.0 Å². The van der Waals surface area contributed by atoms with Crippen LogP contribution in [0.5, 0.6) is 0 Å². The molecule has 3 rings (SSSR count). The van der Waals surface area contributed by atoms with E-state index in [1.807, 2.05) is 18.2 Å². The van der Waals surface area contributed by atoms with E-state index in [0.717, 1.165) is 5.56 Å². The van der Waals surface area contributed by atoms with Gasteiger partial charge in [0.2, 0.25) is 0 Å². The highest BCUT2D eigenvalue weighted by Crippen LogP contribution is 2.22. The lowest BCUT2D eigenvalue weighted by atomic mass is 10.1. The van der Waals surface area contributed by atoms with Crippen LogP contribution in [0.1, 0.15) is 24.8 Å². The summed E-state index contributed by atoms with van der Waals surface area (Å²) in [7, 11) is -6.30. The third-order valence-electron chi connectivity index (χ3n) is 5.01. The van der Waals surface area contributed by atoms with Crippen LogP contribution >= 0.6 is 0 Å². The molecule has 7 nitrogen and oxygen atoms in total. The van der Waals surface area contributed by atoms with Gasteiger partial charge in [-0.05, 0) is 24.8 Å². The average molecular weight is 401 g/mol. The van der Waals surface area contributed by atoms with Crippen LogP contribution in [-0.2, 0) is 25.4 Å². The molecule has 1 atom stereocenters. The van der Waals surface area contributed by atoms with Crippen LogP contribution in [0.3, 0.4) is 0 Å². The number of rotatable bonds is 4. The lowest BCUT2D eigenvalue weighted by Gasteiger charge is -2.32. The van der Waals surface area contributed by atoms with Crippen LogP contribution in [0.25, 0.3) is 0 Å². The number of amides is 2. The number of hydrogen-bond donors (Lipinski definition) is 1. The van der Waals surface area contributed by atoms with Gasteiger partial charge in [0.15, 0.2) is 19.7 Å². The highest BCUT2D eigenvalue weighted by atomic mass is 32.2. The molecule has 1 aromatic rings. The number of benzene rings is 1. The monoisotopic (exact) mass is 400 g/mol. The molecule has 0 unspecified atom stereocenters. The van der Waals surface area contributed by atoms with Crippen LogP contribution in [0, 0.1) is 0 Å². The van der Waals surface area contributed by atoms with Gasteiger partial charge in [-0.25, -0.2) is 21.6 Å². The van der Waals surface area contributed by atoms with Gasteiger partial charge in [-0.3, -0.25) is 0 Å². The smallest absolute Gasteiger partial charge is 0.317 e. The van der Waals surface area contributed by atoms with Gasteiger partial charge in [0, 0.05) is 19.1 Å². The van der Waals surface area contributed by atoms with Crippen LogP contribution in [0.4, 0.5) is 4.79 Å². The second kappa shape index (κ2) is 7.56. The molecule has 0 aromatic heterocycles. The van der Waals surface area contributed by atoms with E-state index in [-0.39, 0.29) is 29.3 Å². The molecule has 0 bridgehead atoms. The van der Waals surface area contributed by atoms with E-state index in [9.17, 15) is 21.6 Å². The van der Waals surface area contributed by atoms with Crippen molar-refractivity contribution < 1.29 is 21.6 Å². The topological polar surface area (TPSA) is 101 Å². The van der Waals surface area contributed by atoms with Gasteiger partial charge >= 0.3 is 6.03 Å². The SMILES string of the molecule is O=C(N[C@H]1CCS(=O)(=O)C1)N1CCC(S(=O)(=O)Cc2ccccc2)CC1. The first-order valence-corrected chi connectivity index (χ1v) is 12.3. The maximum atomic E-state index is 12.6. The summed E-state index contributed by atoms with van der Waals surface area (Å²) in [5, 5.41) is 2.31. The Kier molecular flexibility index (Phi) is 5.57. The summed E-state index contributed by atoms with van der Waals surface area (Å²) in [6.07, 6.45) is 1.26. The number of carbonyl (C=O) groups excluding carboxylic acids is 1. The Morgan fingerprint density at radius 1 is 1.12 bits per heavy atom. The first-order valence-electron chi connectivity index (χ1n) is 8.76. The minimum absolute atomic E-state index is 0.0132. The Morgan fingerprint density at radius 2 is 1.77 bits per heavy atom. The van der Waals surface area contributed by atoms with Crippen LogP contribution < -0.4 is 5.32 Å². The van der Waals surface area contributed by atoms with E-state index >= 15 is 0 Å². The number of nitrogens with zero attached hydrogens (tertiary/aromatic N) is 1. The molecule has 2 aliphatic heterocycles. The molecule has 2 amide bonds. The minimum Gasteiger partial charge on any atom is -0.334 e. The quantitative estimate of drug-likeness (QED) is 0.811. The van der Waals surface area contributed by atoms with Crippen molar-refractivity contribution in [3.8, 4) is 0 Å². The van der Waals surface area contributed by atoms with Crippen molar-refractivity contribution in [1.82, 2.24) is 10.2 Å². The second-order valence-electron chi connectivity index (χ2n) is 7.03. The summed E-state index contributed by atoms with van der Waals surface area (Å²) >= 11 is 0. The van der Waals surface area contributed by atoms with Crippen molar-refractivity contribution in [2.24, 2.45) is 0 Å². The van der Waals surface area contributed by atoms with Crippen molar-refractivity contribution in [2.75, 3.05) is 24.6 Å². The Hall–Kier alpha value is -1.61. The van der Waals surface area contributed by atoms with E-state index < -0.39 is 24.9 Å². The number of piperidine rings is 1. The number of carbonyl (C=O) groups is 1. The largest absolute Gasteiger partial charge is 0.334 e. The number of hydrogen-bond acceptors (Lipinski definition) is 5. The zero-order valence-electron chi connectivity index (χ0n) is 14.5. The first kappa shape index (κ1) is 19.2. The van der Waals surface area contributed by atoms with Gasteiger partial charge in [0.1, 0.15) is 0 Å². The fraction of sp³-hybridized carbons (Fsp3) is 0.588. The van der Waals surface area contributed by atoms with Crippen LogP contribution in [0.2, 0.25) is 0 Å². The molecule has 26 heavy (non-hydrogen) atoms. The predicted molar refractivity (Wildman–Crippen MR) is 99.3 cm³/mol. The Bertz CT molecular complexity index is 844. The molecular formula is C17H24N2O5S2. The average Bonchev–Trinajstić information content (AvgIpc) is 2.94. The van der Waals surface area contributed by atoms with Gasteiger partial charge in [-0.1, -0.05) is 30.3 Å². The van der Waals surface area contributed by atoms with E-state index in [0.29, 0.717) is 32.4 Å². The normalized spacial score (nSPS) is 23.7. The number of urea groups is 1. The predicted octanol–water partition coefficient (Wildman–Crippen LogP) is 0.963. The molecule has 9 heteroatoms. The molecule has 0 radical (unpaired) electrons. The van der Waals surface area contributed by atoms with Gasteiger partial charge in [-0.15, -0.1) is 0 Å². The molecule has 2 saturated heterocycles. The molecule has 0 spiro atoms. The summed E-state index contributed by atoms with van der Waals surface area (Å²) in [6.45, 7) is 0.730. The Morgan fingerprint density at radius 3 is 2.35 bits per heavy atom. The van der Waals surface area contributed by atoms with Crippen molar-refractivity contribution in [3.05, 3.63) is 35.9 Å². The minimum atomic E-state index is -3.26. The summed E-state index contributed by atoms with van der Waals surface area (Å²) in [5.74, 6) is 0.114. The highest BCUT2D eigenvalue weighted by molar-refractivity contribution is 7.91. The zero-order chi connectivity index (χ0) is 18.8. The van der Waals surface area contributed by atoms with Gasteiger partial charge in [0.25, 0.3) is 0 Å². The Labute approximate surface area is 154 Å². The highest BCUT2D eigenvalue weighted by Gasteiger charge is 2.34. The Balaban J connectivity index is 1.51. The van der Waals surface area contributed by atoms with E-state index in [4.69, 9.17) is 0 Å². The van der Waals surface area contributed by atoms with Gasteiger partial charge < -0.3 is 10.2 Å². The molecule has 1 N–H and O–H groups in total. The summed E-state index contributed by atoms with van der Waals surface area (Å²) in [4.78, 5) is 13.9. The second-order valence-corrected chi connectivity index (χ2v) is 11.5. The third-order valence-corrected chi connectivity index (χ3v) is 9.00. The molecular weight excluding hydrogens is 376 g/mol. The molecule has 2 heterocycles. The van der Waals surface area contributed by atoms with Crippen molar-refractivity contribution in [1.29, 1.82) is 0 Å². The van der Waals surface area contributed by atoms with Crippen LogP contribution in [0.15, 0.2) is 30.3 Å². The molecule has 144 valence electrons. The fourth-order valence-electron chi connectivity index (χ4n) is 3.52. The maximum absolute atomic E-state index is 12.6. The summed E-state index contributed by atoms with van der Waals surface area (Å²) < 4.78 is 48.1. The van der Waals surface area contributed by atoms with E-state index in [1.165, 1.54) is 0 Å². The molecule has 0 aliphatic carbocycles. The van der Waals surface area contributed by atoms with Crippen molar-refractivity contribution in [3.63, 3.8) is 0 Å². The van der Waals surface area contributed by atoms with E-state index in [2.05, 4.69) is 5.32 Å². The zero-order valence-corrected chi connectivity index (χ0v) is 16.1. The number of sulfone groups is 2. The van der Waals surface area contributed by atoms with Gasteiger partial charge in [0.05, 0.1) is 22.5 Å². The van der Waals surface area contributed by atoms with Gasteiger partial charge in [-0.2, -0.15) is 0 Å². The number of nitrogens with one attached hydrogen (secondary N) is 1. The fourth-order valence-corrected chi connectivity index (χ4v) is 7.01. The first-order chi connectivity index (χ1) is 12.3. The summed E-state index contributed by atoms with van der Waals surface area (Å²) in [5.41, 5.74) is 0.773. The summed E-state index contributed by atoms with van der Waals surface area (Å²) in [6, 6.07) is 8.45. The van der Waals surface area contributed by atoms with Crippen molar-refractivity contribution >= 4 is 25.7 Å². The third kappa shape index (κ3) is 4.76. The lowest BCUT2D eigenvalue weighted by molar-refractivity contribution is 0.184. The number of likely N-dealkylation sites (tertiary alicyclic amines) is 1. The molecule has 2 fully saturated rings. The molecule has 0 saturated carbocycles. The van der Waals surface area contributed by atoms with Crippen LogP contribution in [-0.4, -0.2) is 63.7 Å². The lowest BCUT2D eigenvalue weighted by Crippen LogP contribution is -2.49. The molecule has 1 aromatic carbocycles. The van der Waals surface area contributed by atoms with Crippen molar-refractivity contribution in [2.45, 2.75) is 36.3 Å². The standard InChI is InChI=1S/C17H24N2O5S2/c20-17(18-15-8-11-25(21,22)13-15)19-9-6-16(7-10-19)26(23,24)12-14-4-2-1-3-5-14/h1-5,15-16H,6-13H2,(H,18,20)/t15-/m0/s1. The molecule has 2 aliphatic rings.